The Kier molecular flexibility index (Phi) is 5.32. The lowest BCUT2D eigenvalue weighted by Crippen LogP contribution is -2.47. The molecule has 0 radical (unpaired) electrons. The molecule has 1 N–H and O–H groups in total. The number of hydrogen-bond donors (Lipinski definition) is 1. The predicted molar refractivity (Wildman–Crippen MR) is 82.3 cm³/mol. The van der Waals surface area contributed by atoms with Gasteiger partial charge in [-0.3, -0.25) is 14.9 Å². The fourth-order valence-corrected chi connectivity index (χ4v) is 2.71. The molecule has 1 aromatic carbocycles. The Labute approximate surface area is 129 Å². The minimum absolute atomic E-state index is 0.0603. The first-order valence-corrected chi connectivity index (χ1v) is 7.40. The van der Waals surface area contributed by atoms with E-state index in [1.54, 1.807) is 0 Å². The van der Waals surface area contributed by atoms with E-state index in [1.165, 1.54) is 25.3 Å². The summed E-state index contributed by atoms with van der Waals surface area (Å²) < 4.78 is 5.14. The van der Waals surface area contributed by atoms with E-state index >= 15 is 0 Å². The number of carbonyl (C=O) groups excluding carboxylic acids is 1. The highest BCUT2D eigenvalue weighted by atomic mass is 16.6. The van der Waals surface area contributed by atoms with Crippen LogP contribution in [0.5, 0.6) is 5.75 Å². The molecule has 0 aromatic heterocycles. The highest BCUT2D eigenvalue weighted by Gasteiger charge is 2.23. The number of rotatable bonds is 5. The van der Waals surface area contributed by atoms with Crippen molar-refractivity contribution < 1.29 is 14.5 Å². The topological polar surface area (TPSA) is 84.7 Å². The number of methoxy groups -OCH3 is 1. The smallest absolute Gasteiger partial charge is 0.270 e. The van der Waals surface area contributed by atoms with Crippen molar-refractivity contribution in [3.8, 4) is 5.75 Å². The third kappa shape index (κ3) is 3.73. The maximum Gasteiger partial charge on any atom is 0.270 e. The molecular formula is C15H21N3O4. The SMILES string of the molecule is CCN1CCC[C@@H](NC(=O)c2cc([N+](=O)[O-])ccc2OC)C1. The van der Waals surface area contributed by atoms with E-state index in [1.807, 2.05) is 0 Å². The summed E-state index contributed by atoms with van der Waals surface area (Å²) in [6, 6.07) is 4.10. The summed E-state index contributed by atoms with van der Waals surface area (Å²) in [5.41, 5.74) is 0.0788. The number of nitrogens with zero attached hydrogens (tertiary/aromatic N) is 2. The molecule has 7 heteroatoms. The van der Waals surface area contributed by atoms with Crippen LogP contribution in [0.15, 0.2) is 18.2 Å². The van der Waals surface area contributed by atoms with Gasteiger partial charge in [-0.05, 0) is 32.0 Å². The van der Waals surface area contributed by atoms with E-state index in [0.29, 0.717) is 5.75 Å². The fourth-order valence-electron chi connectivity index (χ4n) is 2.71. The summed E-state index contributed by atoms with van der Waals surface area (Å²) in [5.74, 6) is 0.00904. The largest absolute Gasteiger partial charge is 0.496 e. The number of nitro groups is 1. The molecule has 1 saturated heterocycles. The first-order valence-electron chi connectivity index (χ1n) is 7.40. The van der Waals surface area contributed by atoms with Crippen LogP contribution in [-0.2, 0) is 0 Å². The Morgan fingerprint density at radius 3 is 2.95 bits per heavy atom. The molecule has 120 valence electrons. The second-order valence-corrected chi connectivity index (χ2v) is 5.35. The number of carbonyl (C=O) groups is 1. The van der Waals surface area contributed by atoms with Gasteiger partial charge in [0.25, 0.3) is 11.6 Å². The monoisotopic (exact) mass is 307 g/mol. The van der Waals surface area contributed by atoms with Gasteiger partial charge in [0.05, 0.1) is 17.6 Å². The zero-order valence-corrected chi connectivity index (χ0v) is 12.9. The van der Waals surface area contributed by atoms with Gasteiger partial charge >= 0.3 is 0 Å². The molecule has 2 rings (SSSR count). The van der Waals surface area contributed by atoms with Crippen LogP contribution in [-0.4, -0.2) is 48.5 Å². The Bertz CT molecular complexity index is 562. The number of hydrogen-bond acceptors (Lipinski definition) is 5. The average Bonchev–Trinajstić information content (AvgIpc) is 2.54. The molecule has 0 spiro atoms. The van der Waals surface area contributed by atoms with Gasteiger partial charge < -0.3 is 15.0 Å². The van der Waals surface area contributed by atoms with Crippen LogP contribution in [0, 0.1) is 10.1 Å². The zero-order valence-electron chi connectivity index (χ0n) is 12.9. The Hall–Kier alpha value is -2.15. The van der Waals surface area contributed by atoms with E-state index in [-0.39, 0.29) is 23.2 Å². The molecule has 1 fully saturated rings. The van der Waals surface area contributed by atoms with Gasteiger partial charge in [0.1, 0.15) is 5.75 Å². The molecule has 7 nitrogen and oxygen atoms in total. The van der Waals surface area contributed by atoms with Gasteiger partial charge in [-0.25, -0.2) is 0 Å². The minimum Gasteiger partial charge on any atom is -0.496 e. The van der Waals surface area contributed by atoms with Crippen molar-refractivity contribution in [2.45, 2.75) is 25.8 Å². The first-order chi connectivity index (χ1) is 10.5. The molecule has 1 aliphatic rings. The van der Waals surface area contributed by atoms with E-state index in [9.17, 15) is 14.9 Å². The van der Waals surface area contributed by atoms with Crippen molar-refractivity contribution >= 4 is 11.6 Å². The van der Waals surface area contributed by atoms with Crippen LogP contribution in [0.25, 0.3) is 0 Å². The van der Waals surface area contributed by atoms with Crippen molar-refractivity contribution in [3.63, 3.8) is 0 Å². The summed E-state index contributed by atoms with van der Waals surface area (Å²) in [4.78, 5) is 25.1. The average molecular weight is 307 g/mol. The number of non-ortho nitro benzene ring substituents is 1. The normalized spacial score (nSPS) is 18.7. The molecule has 1 amide bonds. The third-order valence-electron chi connectivity index (χ3n) is 3.93. The number of likely N-dealkylation sites (N-methyl/N-ethyl adjacent to an activating group) is 1. The summed E-state index contributed by atoms with van der Waals surface area (Å²) in [7, 11) is 1.44. The quantitative estimate of drug-likeness (QED) is 0.662. The number of nitro benzene ring substituents is 1. The maximum absolute atomic E-state index is 12.4. The van der Waals surface area contributed by atoms with Crippen LogP contribution in [0.1, 0.15) is 30.1 Å². The van der Waals surface area contributed by atoms with Crippen molar-refractivity contribution in [3.05, 3.63) is 33.9 Å². The number of amides is 1. The maximum atomic E-state index is 12.4. The lowest BCUT2D eigenvalue weighted by Gasteiger charge is -2.32. The fraction of sp³-hybridized carbons (Fsp3) is 0.533. The van der Waals surface area contributed by atoms with Crippen molar-refractivity contribution in [1.82, 2.24) is 10.2 Å². The van der Waals surface area contributed by atoms with Gasteiger partial charge in [0.2, 0.25) is 0 Å². The van der Waals surface area contributed by atoms with Crippen molar-refractivity contribution in [2.24, 2.45) is 0 Å². The van der Waals surface area contributed by atoms with Gasteiger partial charge in [-0.1, -0.05) is 6.92 Å². The van der Waals surface area contributed by atoms with Gasteiger partial charge in [-0.2, -0.15) is 0 Å². The number of piperidine rings is 1. The van der Waals surface area contributed by atoms with Gasteiger partial charge in [0, 0.05) is 24.7 Å². The molecule has 0 aliphatic carbocycles. The Morgan fingerprint density at radius 1 is 1.55 bits per heavy atom. The van der Waals surface area contributed by atoms with Gasteiger partial charge in [0.15, 0.2) is 0 Å². The van der Waals surface area contributed by atoms with Crippen LogP contribution >= 0.6 is 0 Å². The molecule has 0 bridgehead atoms. The van der Waals surface area contributed by atoms with E-state index in [2.05, 4.69) is 17.1 Å². The zero-order chi connectivity index (χ0) is 16.1. The number of nitrogens with one attached hydrogen (secondary N) is 1. The molecular weight excluding hydrogens is 286 g/mol. The summed E-state index contributed by atoms with van der Waals surface area (Å²) in [6.07, 6.45) is 1.95. The predicted octanol–water partition coefficient (Wildman–Crippen LogP) is 1.82. The summed E-state index contributed by atoms with van der Waals surface area (Å²) in [5, 5.41) is 13.8. The highest BCUT2D eigenvalue weighted by molar-refractivity contribution is 5.97. The van der Waals surface area contributed by atoms with Crippen LogP contribution in [0.3, 0.4) is 0 Å². The number of benzene rings is 1. The van der Waals surface area contributed by atoms with E-state index < -0.39 is 4.92 Å². The Balaban J connectivity index is 2.14. The standard InChI is InChI=1S/C15H21N3O4/c1-3-17-8-4-5-11(10-17)16-15(19)13-9-12(18(20)21)6-7-14(13)22-2/h6-7,9,11H,3-5,8,10H2,1-2H3,(H,16,19)/t11-/m1/s1. The van der Waals surface area contributed by atoms with Crippen molar-refractivity contribution in [2.75, 3.05) is 26.7 Å². The minimum atomic E-state index is -0.518. The van der Waals surface area contributed by atoms with Crippen molar-refractivity contribution in [1.29, 1.82) is 0 Å². The molecule has 1 heterocycles. The van der Waals surface area contributed by atoms with Crippen LogP contribution < -0.4 is 10.1 Å². The third-order valence-corrected chi connectivity index (χ3v) is 3.93. The molecule has 0 saturated carbocycles. The summed E-state index contributed by atoms with van der Waals surface area (Å²) >= 11 is 0. The molecule has 1 aromatic rings. The molecule has 1 aliphatic heterocycles. The Morgan fingerprint density at radius 2 is 2.32 bits per heavy atom. The lowest BCUT2D eigenvalue weighted by atomic mass is 10.0. The highest BCUT2D eigenvalue weighted by Crippen LogP contribution is 2.24. The molecule has 0 unspecified atom stereocenters. The van der Waals surface area contributed by atoms with E-state index in [0.717, 1.165) is 32.5 Å². The lowest BCUT2D eigenvalue weighted by molar-refractivity contribution is -0.384. The number of ether oxygens (including phenoxy) is 1. The molecule has 1 atom stereocenters. The van der Waals surface area contributed by atoms with Gasteiger partial charge in [-0.15, -0.1) is 0 Å². The van der Waals surface area contributed by atoms with E-state index in [4.69, 9.17) is 4.74 Å². The summed E-state index contributed by atoms with van der Waals surface area (Å²) in [6.45, 7) is 4.89. The first kappa shape index (κ1) is 16.2. The molecule has 22 heavy (non-hydrogen) atoms. The van der Waals surface area contributed by atoms with Crippen LogP contribution in [0.4, 0.5) is 5.69 Å². The second kappa shape index (κ2) is 7.22. The van der Waals surface area contributed by atoms with Crippen LogP contribution in [0.2, 0.25) is 0 Å². The number of likely N-dealkylation sites (tertiary alicyclic amines) is 1. The second-order valence-electron chi connectivity index (χ2n) is 5.35.